The number of nitrogens with one attached hydrogen (secondary N) is 1. The summed E-state index contributed by atoms with van der Waals surface area (Å²) >= 11 is 13.3. The molecule has 21 heavy (non-hydrogen) atoms. The highest BCUT2D eigenvalue weighted by molar-refractivity contribution is 6.48. The zero-order valence-electron chi connectivity index (χ0n) is 13.5. The molecule has 0 spiro atoms. The maximum Gasteiger partial charge on any atom is 0.172 e. The van der Waals surface area contributed by atoms with Crippen LogP contribution in [-0.4, -0.2) is 85.1 Å². The van der Waals surface area contributed by atoms with Crippen molar-refractivity contribution in [2.75, 3.05) is 59.9 Å². The van der Waals surface area contributed by atoms with E-state index in [9.17, 15) is 0 Å². The van der Waals surface area contributed by atoms with E-state index in [1.54, 1.807) is 0 Å². The molecule has 2 saturated heterocycles. The summed E-state index contributed by atoms with van der Waals surface area (Å²) in [6.07, 6.45) is 4.25. The van der Waals surface area contributed by atoms with Gasteiger partial charge in [0.25, 0.3) is 0 Å². The third-order valence-electron chi connectivity index (χ3n) is 4.76. The lowest BCUT2D eigenvalue weighted by molar-refractivity contribution is 0.170. The molecule has 2 atom stereocenters. The highest BCUT2D eigenvalue weighted by atomic mass is 35.5. The fourth-order valence-electron chi connectivity index (χ4n) is 3.17. The Bertz CT molecular complexity index is 314. The standard InChI is InChI=1S/C15H30Cl2N4/c1-19-8-3-9-21-11-5-14(4-10-19)18-7-13-20(2)12-6-15(21,16)17/h14,18H,3-13H2,1-2H3. The van der Waals surface area contributed by atoms with E-state index in [1.807, 2.05) is 0 Å². The summed E-state index contributed by atoms with van der Waals surface area (Å²) in [6.45, 7) is 7.29. The average Bonchev–Trinajstić information content (AvgIpc) is 2.46. The first-order valence-corrected chi connectivity index (χ1v) is 8.96. The molecule has 2 fully saturated rings. The SMILES string of the molecule is CN1CCCN2CCC(CC1)NCCN(C)CCC2(Cl)Cl. The van der Waals surface area contributed by atoms with Gasteiger partial charge < -0.3 is 15.1 Å². The van der Waals surface area contributed by atoms with Gasteiger partial charge in [-0.05, 0) is 46.4 Å². The number of hydrogen-bond acceptors (Lipinski definition) is 4. The van der Waals surface area contributed by atoms with Gasteiger partial charge in [0.15, 0.2) is 4.46 Å². The second-order valence-corrected chi connectivity index (χ2v) is 8.04. The smallest absolute Gasteiger partial charge is 0.172 e. The number of fused-ring (bicyclic) bond motifs is 3. The van der Waals surface area contributed by atoms with Crippen LogP contribution in [0.25, 0.3) is 0 Å². The van der Waals surface area contributed by atoms with Gasteiger partial charge in [-0.3, -0.25) is 4.90 Å². The molecule has 2 bridgehead atoms. The minimum absolute atomic E-state index is 0.559. The Morgan fingerprint density at radius 1 is 0.905 bits per heavy atom. The number of likely N-dealkylation sites (N-methyl/N-ethyl adjacent to an activating group) is 1. The van der Waals surface area contributed by atoms with Crippen LogP contribution in [0.1, 0.15) is 25.7 Å². The van der Waals surface area contributed by atoms with Crippen molar-refractivity contribution in [2.24, 2.45) is 0 Å². The number of hydrogen-bond donors (Lipinski definition) is 1. The Labute approximate surface area is 139 Å². The van der Waals surface area contributed by atoms with Crippen molar-refractivity contribution in [2.45, 2.75) is 36.2 Å². The fraction of sp³-hybridized carbons (Fsp3) is 1.00. The van der Waals surface area contributed by atoms with E-state index in [0.717, 1.165) is 58.5 Å². The molecule has 2 heterocycles. The third kappa shape index (κ3) is 5.85. The highest BCUT2D eigenvalue weighted by Crippen LogP contribution is 2.31. The van der Waals surface area contributed by atoms with Gasteiger partial charge in [0.1, 0.15) is 0 Å². The largest absolute Gasteiger partial charge is 0.313 e. The van der Waals surface area contributed by atoms with Crippen molar-refractivity contribution in [3.05, 3.63) is 0 Å². The minimum atomic E-state index is -0.735. The Morgan fingerprint density at radius 3 is 2.43 bits per heavy atom. The third-order valence-corrected chi connectivity index (χ3v) is 5.61. The van der Waals surface area contributed by atoms with Gasteiger partial charge in [-0.15, -0.1) is 0 Å². The van der Waals surface area contributed by atoms with Crippen LogP contribution < -0.4 is 5.32 Å². The molecule has 0 aliphatic carbocycles. The van der Waals surface area contributed by atoms with Gasteiger partial charge in [0.2, 0.25) is 0 Å². The summed E-state index contributed by atoms with van der Waals surface area (Å²) < 4.78 is -0.735. The summed E-state index contributed by atoms with van der Waals surface area (Å²) in [5.41, 5.74) is 0. The monoisotopic (exact) mass is 336 g/mol. The molecule has 1 N–H and O–H groups in total. The van der Waals surface area contributed by atoms with E-state index in [-0.39, 0.29) is 0 Å². The first kappa shape index (κ1) is 17.8. The van der Waals surface area contributed by atoms with E-state index in [2.05, 4.69) is 34.1 Å². The summed E-state index contributed by atoms with van der Waals surface area (Å²) in [7, 11) is 4.36. The van der Waals surface area contributed by atoms with Crippen LogP contribution in [0.5, 0.6) is 0 Å². The molecule has 2 aliphatic heterocycles. The molecule has 4 nitrogen and oxygen atoms in total. The zero-order chi connectivity index (χ0) is 15.3. The molecule has 0 amide bonds. The lowest BCUT2D eigenvalue weighted by Crippen LogP contribution is -2.45. The van der Waals surface area contributed by atoms with Crippen molar-refractivity contribution in [1.82, 2.24) is 20.0 Å². The fourth-order valence-corrected chi connectivity index (χ4v) is 3.68. The molecule has 2 aliphatic rings. The molecule has 0 aromatic carbocycles. The van der Waals surface area contributed by atoms with Crippen LogP contribution in [0.2, 0.25) is 0 Å². The number of rotatable bonds is 0. The van der Waals surface area contributed by atoms with Crippen LogP contribution in [0.4, 0.5) is 0 Å². The second-order valence-electron chi connectivity index (χ2n) is 6.59. The summed E-state index contributed by atoms with van der Waals surface area (Å²) in [5, 5.41) is 3.72. The minimum Gasteiger partial charge on any atom is -0.313 e. The molecular weight excluding hydrogens is 307 g/mol. The Balaban J connectivity index is 2.10. The van der Waals surface area contributed by atoms with E-state index < -0.39 is 4.46 Å². The molecule has 2 rings (SSSR count). The maximum atomic E-state index is 6.67. The van der Waals surface area contributed by atoms with Crippen molar-refractivity contribution in [1.29, 1.82) is 0 Å². The molecule has 0 saturated carbocycles. The van der Waals surface area contributed by atoms with E-state index in [1.165, 1.54) is 13.0 Å². The maximum absolute atomic E-state index is 6.67. The van der Waals surface area contributed by atoms with E-state index in [0.29, 0.717) is 6.04 Å². The predicted molar refractivity (Wildman–Crippen MR) is 91.3 cm³/mol. The molecule has 0 aromatic heterocycles. The normalized spacial score (nSPS) is 34.3. The van der Waals surface area contributed by atoms with Crippen molar-refractivity contribution < 1.29 is 0 Å². The van der Waals surface area contributed by atoms with E-state index in [4.69, 9.17) is 23.2 Å². The Hall–Kier alpha value is 0.420. The molecular formula is C15H30Cl2N4. The van der Waals surface area contributed by atoms with Gasteiger partial charge >= 0.3 is 0 Å². The molecule has 0 aromatic rings. The Morgan fingerprint density at radius 2 is 1.62 bits per heavy atom. The van der Waals surface area contributed by atoms with Crippen molar-refractivity contribution in [3.63, 3.8) is 0 Å². The van der Waals surface area contributed by atoms with Crippen molar-refractivity contribution in [3.8, 4) is 0 Å². The first-order chi connectivity index (χ1) is 9.97. The van der Waals surface area contributed by atoms with E-state index >= 15 is 0 Å². The van der Waals surface area contributed by atoms with Gasteiger partial charge in [0, 0.05) is 45.2 Å². The number of alkyl halides is 2. The van der Waals surface area contributed by atoms with Crippen LogP contribution in [0.15, 0.2) is 0 Å². The van der Waals surface area contributed by atoms with Gasteiger partial charge in [-0.1, -0.05) is 23.2 Å². The summed E-state index contributed by atoms with van der Waals surface area (Å²) in [5.74, 6) is 0. The topological polar surface area (TPSA) is 21.8 Å². The first-order valence-electron chi connectivity index (χ1n) is 8.21. The Kier molecular flexibility index (Phi) is 7.04. The summed E-state index contributed by atoms with van der Waals surface area (Å²) in [4.78, 5) is 7.02. The van der Waals surface area contributed by atoms with Crippen LogP contribution in [-0.2, 0) is 0 Å². The van der Waals surface area contributed by atoms with Crippen LogP contribution in [0.3, 0.4) is 0 Å². The number of nitrogens with zero attached hydrogens (tertiary/aromatic N) is 3. The van der Waals surface area contributed by atoms with Gasteiger partial charge in [-0.2, -0.15) is 0 Å². The average molecular weight is 337 g/mol. The highest BCUT2D eigenvalue weighted by Gasteiger charge is 2.33. The zero-order valence-corrected chi connectivity index (χ0v) is 15.0. The predicted octanol–water partition coefficient (Wildman–Crippen LogP) is 1.83. The molecule has 124 valence electrons. The lowest BCUT2D eigenvalue weighted by atomic mass is 10.1. The van der Waals surface area contributed by atoms with Crippen molar-refractivity contribution >= 4 is 23.2 Å². The summed E-state index contributed by atoms with van der Waals surface area (Å²) in [6, 6.07) is 0.559. The molecule has 0 radical (unpaired) electrons. The van der Waals surface area contributed by atoms with Gasteiger partial charge in [-0.25, -0.2) is 0 Å². The van der Waals surface area contributed by atoms with Gasteiger partial charge in [0.05, 0.1) is 0 Å². The quantitative estimate of drug-likeness (QED) is 0.538. The van der Waals surface area contributed by atoms with Crippen LogP contribution >= 0.6 is 23.2 Å². The second kappa shape index (κ2) is 8.32. The lowest BCUT2D eigenvalue weighted by Gasteiger charge is -2.37. The molecule has 2 unspecified atom stereocenters. The number of halogens is 2. The molecule has 6 heteroatoms. The van der Waals surface area contributed by atoms with Crippen LogP contribution in [0, 0.1) is 0 Å².